The molecule has 3 aliphatic rings. The van der Waals surface area contributed by atoms with Crippen LogP contribution in [0.25, 0.3) is 0 Å². The number of carbonyl (C=O) groups is 3. The highest BCUT2D eigenvalue weighted by Crippen LogP contribution is 2.49. The highest BCUT2D eigenvalue weighted by atomic mass is 16.6. The van der Waals surface area contributed by atoms with Crippen LogP contribution in [0.1, 0.15) is 32.3 Å². The quantitative estimate of drug-likeness (QED) is 0.479. The second kappa shape index (κ2) is 5.77. The maximum atomic E-state index is 13.4. The van der Waals surface area contributed by atoms with Crippen LogP contribution in [-0.4, -0.2) is 46.3 Å². The van der Waals surface area contributed by atoms with Gasteiger partial charge in [0.2, 0.25) is 11.8 Å². The number of anilines is 1. The molecule has 3 heterocycles. The fraction of sp³-hybridized carbons (Fsp3) is 0.500. The number of carbonyl (C=O) groups excluding carboxylic acids is 3. The Labute approximate surface area is 155 Å². The largest absolute Gasteiger partial charge is 0.367 e. The van der Waals surface area contributed by atoms with Crippen molar-refractivity contribution in [1.82, 2.24) is 10.2 Å². The van der Waals surface area contributed by atoms with E-state index in [1.54, 1.807) is 19.9 Å². The van der Waals surface area contributed by atoms with E-state index in [0.717, 1.165) is 17.0 Å². The van der Waals surface area contributed by atoms with Crippen LogP contribution in [0.3, 0.4) is 0 Å². The van der Waals surface area contributed by atoms with Crippen LogP contribution in [-0.2, 0) is 16.0 Å². The molecule has 4 amide bonds. The summed E-state index contributed by atoms with van der Waals surface area (Å²) < 4.78 is 0. The first-order chi connectivity index (χ1) is 12.8. The van der Waals surface area contributed by atoms with Gasteiger partial charge in [-0.25, -0.2) is 4.79 Å². The number of hydrogen-bond acceptors (Lipinski definition) is 6. The predicted octanol–water partition coefficient (Wildman–Crippen LogP) is 1.59. The number of non-ortho nitro benzene ring substituents is 1. The zero-order valence-corrected chi connectivity index (χ0v) is 15.1. The Bertz CT molecular complexity index is 883. The Morgan fingerprint density at radius 3 is 2.70 bits per heavy atom. The lowest BCUT2D eigenvalue weighted by Crippen LogP contribution is -2.72. The fourth-order valence-electron chi connectivity index (χ4n) is 4.68. The van der Waals surface area contributed by atoms with E-state index in [9.17, 15) is 24.5 Å². The van der Waals surface area contributed by atoms with Crippen molar-refractivity contribution in [3.63, 3.8) is 0 Å². The summed E-state index contributed by atoms with van der Waals surface area (Å²) in [5.41, 5.74) is -0.120. The van der Waals surface area contributed by atoms with Gasteiger partial charge in [0.1, 0.15) is 0 Å². The molecule has 27 heavy (non-hydrogen) atoms. The molecule has 0 aromatic heterocycles. The highest BCUT2D eigenvalue weighted by molar-refractivity contribution is 6.20. The first kappa shape index (κ1) is 17.4. The Morgan fingerprint density at radius 1 is 1.30 bits per heavy atom. The monoisotopic (exact) mass is 372 g/mol. The molecule has 0 saturated carbocycles. The molecule has 4 rings (SSSR count). The minimum atomic E-state index is -1.45. The summed E-state index contributed by atoms with van der Waals surface area (Å²) in [6, 6.07) is 3.09. The summed E-state index contributed by atoms with van der Waals surface area (Å²) in [6.07, 6.45) is 1.50. The molecule has 0 aliphatic carbocycles. The van der Waals surface area contributed by atoms with Crippen LogP contribution in [0, 0.1) is 15.5 Å². The van der Waals surface area contributed by atoms with Gasteiger partial charge in [-0.2, -0.15) is 0 Å². The van der Waals surface area contributed by atoms with Gasteiger partial charge < -0.3 is 4.90 Å². The summed E-state index contributed by atoms with van der Waals surface area (Å²) in [6.45, 7) is 4.09. The number of barbiturate groups is 1. The van der Waals surface area contributed by atoms with Gasteiger partial charge in [0.25, 0.3) is 5.69 Å². The lowest BCUT2D eigenvalue weighted by molar-refractivity contribution is -0.384. The molecule has 1 spiro atoms. The molecule has 1 N–H and O–H groups in total. The molecule has 0 radical (unpaired) electrons. The molecule has 1 aromatic rings. The van der Waals surface area contributed by atoms with Crippen molar-refractivity contribution in [2.24, 2.45) is 5.41 Å². The zero-order chi connectivity index (χ0) is 19.5. The van der Waals surface area contributed by atoms with Gasteiger partial charge in [-0.3, -0.25) is 29.9 Å². The number of nitro groups is 1. The highest BCUT2D eigenvalue weighted by Gasteiger charge is 2.63. The summed E-state index contributed by atoms with van der Waals surface area (Å²) >= 11 is 0. The number of imide groups is 2. The van der Waals surface area contributed by atoms with Gasteiger partial charge in [-0.1, -0.05) is 0 Å². The molecule has 3 aliphatic heterocycles. The average Bonchev–Trinajstić information content (AvgIpc) is 3.09. The van der Waals surface area contributed by atoms with Crippen LogP contribution < -0.4 is 10.2 Å². The van der Waals surface area contributed by atoms with E-state index >= 15 is 0 Å². The summed E-state index contributed by atoms with van der Waals surface area (Å²) in [7, 11) is 0. The van der Waals surface area contributed by atoms with Crippen molar-refractivity contribution < 1.29 is 19.3 Å². The molecule has 2 saturated heterocycles. The average molecular weight is 372 g/mol. The second-order valence-electron chi connectivity index (χ2n) is 7.60. The van der Waals surface area contributed by atoms with Gasteiger partial charge in [-0.15, -0.1) is 0 Å². The molecule has 2 atom stereocenters. The van der Waals surface area contributed by atoms with Crippen molar-refractivity contribution >= 4 is 29.2 Å². The number of fused-ring (bicyclic) bond motifs is 4. The van der Waals surface area contributed by atoms with E-state index in [-0.39, 0.29) is 18.2 Å². The van der Waals surface area contributed by atoms with Crippen LogP contribution >= 0.6 is 0 Å². The second-order valence-corrected chi connectivity index (χ2v) is 7.60. The lowest BCUT2D eigenvalue weighted by atomic mass is 9.68. The van der Waals surface area contributed by atoms with E-state index in [1.165, 1.54) is 12.1 Å². The molecule has 142 valence electrons. The number of nitrogens with zero attached hydrogens (tertiary/aromatic N) is 3. The summed E-state index contributed by atoms with van der Waals surface area (Å²) in [5, 5.41) is 13.5. The third kappa shape index (κ3) is 2.27. The summed E-state index contributed by atoms with van der Waals surface area (Å²) in [4.78, 5) is 52.4. The number of nitro benzene ring substituents is 1. The fourth-order valence-corrected chi connectivity index (χ4v) is 4.68. The predicted molar refractivity (Wildman–Crippen MR) is 95.1 cm³/mol. The minimum Gasteiger partial charge on any atom is -0.367 e. The first-order valence-electron chi connectivity index (χ1n) is 9.00. The molecule has 0 unspecified atom stereocenters. The van der Waals surface area contributed by atoms with E-state index in [4.69, 9.17) is 0 Å². The number of benzene rings is 1. The number of rotatable bonds is 2. The van der Waals surface area contributed by atoms with Gasteiger partial charge >= 0.3 is 6.03 Å². The standard InChI is InChI=1S/C18H20N4O5/c1-10(2)21-16(24)18(15(23)19-17(21)25)9-11-8-12(22(26)27)5-6-13(11)20-7-3-4-14(18)20/h5-6,8,10,14H,3-4,7,9H2,1-2H3,(H,19,23,25)/t14-,18-/m0/s1. The molecule has 9 nitrogen and oxygen atoms in total. The zero-order valence-electron chi connectivity index (χ0n) is 15.1. The number of nitrogens with one attached hydrogen (secondary N) is 1. The van der Waals surface area contributed by atoms with Crippen molar-refractivity contribution in [2.75, 3.05) is 11.4 Å². The van der Waals surface area contributed by atoms with Crippen molar-refractivity contribution in [3.8, 4) is 0 Å². The van der Waals surface area contributed by atoms with Crippen molar-refractivity contribution in [3.05, 3.63) is 33.9 Å². The number of urea groups is 1. The van der Waals surface area contributed by atoms with Crippen molar-refractivity contribution in [1.29, 1.82) is 0 Å². The molecule has 1 aromatic carbocycles. The van der Waals surface area contributed by atoms with Crippen LogP contribution in [0.2, 0.25) is 0 Å². The van der Waals surface area contributed by atoms with Crippen LogP contribution in [0.4, 0.5) is 16.2 Å². The Balaban J connectivity index is 1.88. The summed E-state index contributed by atoms with van der Waals surface area (Å²) in [5.74, 6) is -1.12. The van der Waals surface area contributed by atoms with Gasteiger partial charge in [-0.05, 0) is 38.3 Å². The first-order valence-corrected chi connectivity index (χ1v) is 9.00. The molecule has 9 heteroatoms. The third-order valence-corrected chi connectivity index (χ3v) is 5.84. The Kier molecular flexibility index (Phi) is 3.72. The van der Waals surface area contributed by atoms with Crippen molar-refractivity contribution in [2.45, 2.75) is 45.2 Å². The molecule has 2 fully saturated rings. The molecule has 0 bridgehead atoms. The van der Waals surface area contributed by atoms with Crippen LogP contribution in [0.15, 0.2) is 18.2 Å². The normalized spacial score (nSPS) is 27.1. The van der Waals surface area contributed by atoms with Crippen LogP contribution in [0.5, 0.6) is 0 Å². The van der Waals surface area contributed by atoms with E-state index < -0.39 is 34.2 Å². The van der Waals surface area contributed by atoms with E-state index in [1.807, 2.05) is 4.90 Å². The molecular formula is C18H20N4O5. The Morgan fingerprint density at radius 2 is 2.04 bits per heavy atom. The number of amides is 4. The topological polar surface area (TPSA) is 113 Å². The molecular weight excluding hydrogens is 352 g/mol. The maximum Gasteiger partial charge on any atom is 0.331 e. The van der Waals surface area contributed by atoms with Gasteiger partial charge in [0, 0.05) is 36.8 Å². The van der Waals surface area contributed by atoms with Gasteiger partial charge in [0.05, 0.1) is 11.0 Å². The Hall–Kier alpha value is -2.97. The lowest BCUT2D eigenvalue weighted by Gasteiger charge is -2.50. The SMILES string of the molecule is CC(C)N1C(=O)NC(=O)[C@@]2(Cc3cc([N+](=O)[O-])ccc3N3CCC[C@H]32)C1=O. The maximum absolute atomic E-state index is 13.4. The van der Waals surface area contributed by atoms with Gasteiger partial charge in [0.15, 0.2) is 5.41 Å². The number of hydrogen-bond donors (Lipinski definition) is 1. The smallest absolute Gasteiger partial charge is 0.331 e. The minimum absolute atomic E-state index is 0.0480. The van der Waals surface area contributed by atoms with E-state index in [2.05, 4.69) is 5.32 Å². The third-order valence-electron chi connectivity index (χ3n) is 5.84. The van der Waals surface area contributed by atoms with E-state index in [0.29, 0.717) is 18.5 Å².